The summed E-state index contributed by atoms with van der Waals surface area (Å²) < 4.78 is 10.00. The second-order valence-corrected chi connectivity index (χ2v) is 5.35. The molecular formula is C13H15NO3S. The molecule has 5 heteroatoms. The number of methoxy groups -OCH3 is 1. The van der Waals surface area contributed by atoms with E-state index in [1.54, 1.807) is 23.5 Å². The van der Waals surface area contributed by atoms with Gasteiger partial charge in [0.05, 0.1) is 13.2 Å². The predicted octanol–water partition coefficient (Wildman–Crippen LogP) is 2.79. The quantitative estimate of drug-likeness (QED) is 0.867. The highest BCUT2D eigenvalue weighted by atomic mass is 32.1. The summed E-state index contributed by atoms with van der Waals surface area (Å²) in [6.07, 6.45) is 0. The van der Waals surface area contributed by atoms with Crippen molar-refractivity contribution in [3.8, 4) is 0 Å². The Morgan fingerprint density at radius 2 is 2.17 bits per heavy atom. The Morgan fingerprint density at radius 3 is 2.72 bits per heavy atom. The first-order chi connectivity index (χ1) is 8.52. The van der Waals surface area contributed by atoms with Crippen LogP contribution in [0.15, 0.2) is 22.6 Å². The first-order valence-corrected chi connectivity index (χ1v) is 6.35. The Bertz CT molecular complexity index is 551. The molecule has 1 atom stereocenters. The van der Waals surface area contributed by atoms with Crippen LogP contribution in [0.4, 0.5) is 0 Å². The molecule has 2 aromatic heterocycles. The van der Waals surface area contributed by atoms with Gasteiger partial charge in [0.15, 0.2) is 0 Å². The largest absolute Gasteiger partial charge is 0.463 e. The molecule has 0 saturated heterocycles. The van der Waals surface area contributed by atoms with Crippen molar-refractivity contribution >= 4 is 17.3 Å². The lowest BCUT2D eigenvalue weighted by molar-refractivity contribution is 0.0563. The molecule has 4 nitrogen and oxygen atoms in total. The minimum atomic E-state index is -0.494. The molecule has 2 heterocycles. The predicted molar refractivity (Wildman–Crippen MR) is 69.9 cm³/mol. The van der Waals surface area contributed by atoms with Gasteiger partial charge in [-0.25, -0.2) is 4.79 Å². The van der Waals surface area contributed by atoms with E-state index in [0.717, 1.165) is 4.88 Å². The second kappa shape index (κ2) is 4.96. The number of rotatable bonds is 3. The Kier molecular flexibility index (Phi) is 3.54. The molecule has 0 fully saturated rings. The maximum atomic E-state index is 11.3. The van der Waals surface area contributed by atoms with Crippen molar-refractivity contribution in [2.75, 3.05) is 7.11 Å². The van der Waals surface area contributed by atoms with Gasteiger partial charge in [0, 0.05) is 9.75 Å². The topological polar surface area (TPSA) is 65.5 Å². The average Bonchev–Trinajstić information content (AvgIpc) is 2.96. The minimum Gasteiger partial charge on any atom is -0.463 e. The first-order valence-electron chi connectivity index (χ1n) is 5.53. The summed E-state index contributed by atoms with van der Waals surface area (Å²) in [7, 11) is 1.32. The van der Waals surface area contributed by atoms with Crippen LogP contribution in [0.3, 0.4) is 0 Å². The molecule has 0 spiro atoms. The zero-order valence-electron chi connectivity index (χ0n) is 10.5. The lowest BCUT2D eigenvalue weighted by Gasteiger charge is -2.05. The Labute approximate surface area is 109 Å². The van der Waals surface area contributed by atoms with E-state index in [9.17, 15) is 4.79 Å². The molecule has 96 valence electrons. The van der Waals surface area contributed by atoms with Crippen molar-refractivity contribution in [3.05, 3.63) is 45.0 Å². The molecule has 0 aliphatic carbocycles. The second-order valence-electron chi connectivity index (χ2n) is 4.06. The summed E-state index contributed by atoms with van der Waals surface area (Å²) in [4.78, 5) is 13.6. The molecule has 0 radical (unpaired) electrons. The number of carbonyl (C=O) groups excluding carboxylic acids is 1. The Morgan fingerprint density at radius 1 is 1.44 bits per heavy atom. The van der Waals surface area contributed by atoms with Crippen LogP contribution in [-0.2, 0) is 4.74 Å². The monoisotopic (exact) mass is 265 g/mol. The lowest BCUT2D eigenvalue weighted by Crippen LogP contribution is -2.09. The molecule has 0 aliphatic rings. The maximum Gasteiger partial charge on any atom is 0.373 e. The van der Waals surface area contributed by atoms with Crippen molar-refractivity contribution in [2.24, 2.45) is 5.73 Å². The van der Waals surface area contributed by atoms with Gasteiger partial charge in [0.1, 0.15) is 5.76 Å². The zero-order valence-corrected chi connectivity index (χ0v) is 11.3. The fourth-order valence-corrected chi connectivity index (χ4v) is 2.68. The van der Waals surface area contributed by atoms with E-state index in [4.69, 9.17) is 10.2 Å². The van der Waals surface area contributed by atoms with Crippen molar-refractivity contribution in [3.63, 3.8) is 0 Å². The van der Waals surface area contributed by atoms with Crippen molar-refractivity contribution in [1.82, 2.24) is 0 Å². The van der Waals surface area contributed by atoms with Crippen LogP contribution in [-0.4, -0.2) is 13.1 Å². The van der Waals surface area contributed by atoms with E-state index in [2.05, 4.69) is 11.7 Å². The fourth-order valence-electron chi connectivity index (χ4n) is 1.63. The van der Waals surface area contributed by atoms with Crippen LogP contribution in [0.1, 0.15) is 37.7 Å². The highest BCUT2D eigenvalue weighted by molar-refractivity contribution is 7.12. The van der Waals surface area contributed by atoms with Gasteiger partial charge < -0.3 is 14.9 Å². The first kappa shape index (κ1) is 12.9. The molecule has 0 aromatic carbocycles. The molecule has 2 N–H and O–H groups in total. The summed E-state index contributed by atoms with van der Waals surface area (Å²) >= 11 is 1.64. The molecule has 0 amide bonds. The molecule has 0 bridgehead atoms. The highest BCUT2D eigenvalue weighted by Gasteiger charge is 2.18. The van der Waals surface area contributed by atoms with Crippen LogP contribution in [0, 0.1) is 13.8 Å². The molecular weight excluding hydrogens is 250 g/mol. The van der Waals surface area contributed by atoms with Gasteiger partial charge >= 0.3 is 5.97 Å². The summed E-state index contributed by atoms with van der Waals surface area (Å²) in [6.45, 7) is 4.10. The van der Waals surface area contributed by atoms with E-state index in [1.807, 2.05) is 13.0 Å². The fraction of sp³-hybridized carbons (Fsp3) is 0.308. The van der Waals surface area contributed by atoms with E-state index < -0.39 is 5.97 Å². The van der Waals surface area contributed by atoms with Gasteiger partial charge in [-0.05, 0) is 37.6 Å². The Hall–Kier alpha value is -1.59. The molecule has 0 aliphatic heterocycles. The van der Waals surface area contributed by atoms with Crippen LogP contribution in [0.25, 0.3) is 0 Å². The number of hydrogen-bond donors (Lipinski definition) is 1. The van der Waals surface area contributed by atoms with Crippen LogP contribution in [0.2, 0.25) is 0 Å². The number of nitrogens with two attached hydrogens (primary N) is 1. The van der Waals surface area contributed by atoms with Crippen molar-refractivity contribution < 1.29 is 13.9 Å². The van der Waals surface area contributed by atoms with Gasteiger partial charge in [0.25, 0.3) is 0 Å². The summed E-state index contributed by atoms with van der Waals surface area (Å²) in [6, 6.07) is 4.99. The summed E-state index contributed by atoms with van der Waals surface area (Å²) in [5, 5.41) is 0. The summed E-state index contributed by atoms with van der Waals surface area (Å²) in [5.74, 6) is 0.247. The highest BCUT2D eigenvalue weighted by Crippen LogP contribution is 2.30. The third-order valence-corrected chi connectivity index (χ3v) is 4.05. The normalized spacial score (nSPS) is 12.4. The van der Waals surface area contributed by atoms with E-state index >= 15 is 0 Å². The van der Waals surface area contributed by atoms with Gasteiger partial charge in [0.2, 0.25) is 5.76 Å². The van der Waals surface area contributed by atoms with Gasteiger partial charge in [-0.1, -0.05) is 0 Å². The van der Waals surface area contributed by atoms with Crippen LogP contribution in [0.5, 0.6) is 0 Å². The molecule has 0 saturated carbocycles. The van der Waals surface area contributed by atoms with E-state index in [1.165, 1.54) is 17.6 Å². The smallest absolute Gasteiger partial charge is 0.373 e. The molecule has 18 heavy (non-hydrogen) atoms. The average molecular weight is 265 g/mol. The van der Waals surface area contributed by atoms with E-state index in [0.29, 0.717) is 5.76 Å². The minimum absolute atomic E-state index is 0.174. The summed E-state index contributed by atoms with van der Waals surface area (Å²) in [5.41, 5.74) is 7.33. The number of furan rings is 1. The van der Waals surface area contributed by atoms with Crippen molar-refractivity contribution in [2.45, 2.75) is 19.9 Å². The zero-order chi connectivity index (χ0) is 13.3. The van der Waals surface area contributed by atoms with Crippen LogP contribution < -0.4 is 5.73 Å². The molecule has 1 unspecified atom stereocenters. The number of ether oxygens (including phenoxy) is 1. The van der Waals surface area contributed by atoms with Crippen molar-refractivity contribution in [1.29, 1.82) is 0 Å². The molecule has 2 rings (SSSR count). The maximum absolute atomic E-state index is 11.3. The Balaban J connectivity index is 2.26. The number of carbonyl (C=O) groups is 1. The van der Waals surface area contributed by atoms with Gasteiger partial charge in [-0.2, -0.15) is 0 Å². The van der Waals surface area contributed by atoms with E-state index in [-0.39, 0.29) is 11.8 Å². The number of esters is 1. The van der Waals surface area contributed by atoms with Gasteiger partial charge in [-0.15, -0.1) is 11.3 Å². The number of thiophene rings is 1. The standard InChI is InChI=1S/C13H15NO3S/c1-7-6-11(18-8(7)2)12(14)9-4-5-10(17-9)13(15)16-3/h4-6,12H,14H2,1-3H3. The SMILES string of the molecule is COC(=O)c1ccc(C(N)c2cc(C)c(C)s2)o1. The third kappa shape index (κ3) is 2.32. The lowest BCUT2D eigenvalue weighted by atomic mass is 10.2. The van der Waals surface area contributed by atoms with Crippen LogP contribution >= 0.6 is 11.3 Å². The number of hydrogen-bond acceptors (Lipinski definition) is 5. The third-order valence-electron chi connectivity index (χ3n) is 2.81. The van der Waals surface area contributed by atoms with Gasteiger partial charge in [-0.3, -0.25) is 0 Å². The number of aryl methyl sites for hydroxylation is 2. The molecule has 2 aromatic rings.